The van der Waals surface area contributed by atoms with Crippen molar-refractivity contribution in [2.75, 3.05) is 10.6 Å². The number of nitrogens with zero attached hydrogens (tertiary/aromatic N) is 5. The molecule has 0 aliphatic heterocycles. The van der Waals surface area contributed by atoms with Crippen LogP contribution in [0.3, 0.4) is 0 Å². The molecule has 0 fully saturated rings. The topological polar surface area (TPSA) is 150 Å². The summed E-state index contributed by atoms with van der Waals surface area (Å²) in [5.41, 5.74) is 3.28. The van der Waals surface area contributed by atoms with Crippen LogP contribution in [0.1, 0.15) is 12.5 Å². The number of H-pyrrole nitrogens is 1. The summed E-state index contributed by atoms with van der Waals surface area (Å²) in [6.07, 6.45) is 1.68. The Bertz CT molecular complexity index is 1390. The maximum Gasteiger partial charge on any atom is 0.261 e. The van der Waals surface area contributed by atoms with Crippen molar-refractivity contribution in [2.45, 2.75) is 18.7 Å². The third kappa shape index (κ3) is 5.30. The summed E-state index contributed by atoms with van der Waals surface area (Å²) >= 11 is 0. The summed E-state index contributed by atoms with van der Waals surface area (Å²) < 4.78 is 27.2. The van der Waals surface area contributed by atoms with Crippen molar-refractivity contribution in [1.82, 2.24) is 35.3 Å². The third-order valence-corrected chi connectivity index (χ3v) is 5.92. The van der Waals surface area contributed by atoms with E-state index in [9.17, 15) is 8.42 Å². The molecule has 4 rings (SSSR count). The number of hydrogen-bond donors (Lipinski definition) is 4. The number of sulfonamides is 1. The summed E-state index contributed by atoms with van der Waals surface area (Å²) in [5.74, 6) is 1.42. The lowest BCUT2D eigenvalue weighted by atomic mass is 10.2. The maximum atomic E-state index is 12.4. The molecule has 0 unspecified atom stereocenters. The molecule has 0 saturated carbocycles. The highest BCUT2D eigenvalue weighted by atomic mass is 32.2. The van der Waals surface area contributed by atoms with Gasteiger partial charge in [0, 0.05) is 34.4 Å². The smallest absolute Gasteiger partial charge is 0.261 e. The second-order valence-corrected chi connectivity index (χ2v) is 8.88. The first kappa shape index (κ1) is 21.9. The predicted molar refractivity (Wildman–Crippen MR) is 125 cm³/mol. The third-order valence-electron chi connectivity index (χ3n) is 4.43. The van der Waals surface area contributed by atoms with E-state index in [1.165, 1.54) is 12.1 Å². The van der Waals surface area contributed by atoms with Crippen LogP contribution in [0.5, 0.6) is 0 Å². The number of anilines is 4. The fourth-order valence-corrected chi connectivity index (χ4v) is 4.03. The Labute approximate surface area is 190 Å². The molecule has 0 bridgehead atoms. The molecule has 4 N–H and O–H groups in total. The predicted octanol–water partition coefficient (Wildman–Crippen LogP) is 3.26. The van der Waals surface area contributed by atoms with E-state index < -0.39 is 10.0 Å². The molecule has 33 heavy (non-hydrogen) atoms. The molecule has 168 valence electrons. The van der Waals surface area contributed by atoms with Crippen LogP contribution in [0, 0.1) is 6.92 Å². The van der Waals surface area contributed by atoms with Gasteiger partial charge in [-0.25, -0.2) is 13.4 Å². The van der Waals surface area contributed by atoms with Crippen molar-refractivity contribution in [3.63, 3.8) is 0 Å². The molecule has 0 saturated heterocycles. The highest BCUT2D eigenvalue weighted by Gasteiger charge is 2.14. The zero-order chi connectivity index (χ0) is 23.4. The molecule has 0 aliphatic carbocycles. The number of hydrogen-bond acceptors (Lipinski definition) is 9. The molecule has 0 spiro atoms. The van der Waals surface area contributed by atoms with E-state index in [-0.39, 0.29) is 4.90 Å². The van der Waals surface area contributed by atoms with Gasteiger partial charge in [0.25, 0.3) is 10.0 Å². The first-order valence-electron chi connectivity index (χ1n) is 9.80. The minimum absolute atomic E-state index is 0.113. The van der Waals surface area contributed by atoms with Crippen LogP contribution in [-0.4, -0.2) is 39.0 Å². The SMILES string of the molecule is C=C(C)NS(=O)(=O)c1cccc(Nc2nc(Nc3ccc(-c4nn[nH]n4)cc3)ncc2C)c1. The van der Waals surface area contributed by atoms with E-state index >= 15 is 0 Å². The molecule has 2 aromatic heterocycles. The molecule has 11 nitrogen and oxygen atoms in total. The molecular formula is C21H21N9O2S. The van der Waals surface area contributed by atoms with Gasteiger partial charge in [0.05, 0.1) is 4.90 Å². The van der Waals surface area contributed by atoms with Crippen molar-refractivity contribution in [2.24, 2.45) is 0 Å². The zero-order valence-electron chi connectivity index (χ0n) is 17.9. The number of tetrazole rings is 1. The Kier molecular flexibility index (Phi) is 6.00. The lowest BCUT2D eigenvalue weighted by Gasteiger charge is -2.13. The quantitative estimate of drug-likeness (QED) is 0.309. The second-order valence-electron chi connectivity index (χ2n) is 7.20. The van der Waals surface area contributed by atoms with Gasteiger partial charge in [-0.15, -0.1) is 10.2 Å². The van der Waals surface area contributed by atoms with Gasteiger partial charge < -0.3 is 10.6 Å². The van der Waals surface area contributed by atoms with Crippen LogP contribution in [0.4, 0.5) is 23.1 Å². The van der Waals surface area contributed by atoms with Gasteiger partial charge in [0.2, 0.25) is 11.8 Å². The summed E-state index contributed by atoms with van der Waals surface area (Å²) in [6.45, 7) is 7.03. The largest absolute Gasteiger partial charge is 0.340 e. The van der Waals surface area contributed by atoms with Gasteiger partial charge in [-0.05, 0) is 61.5 Å². The first-order valence-corrected chi connectivity index (χ1v) is 11.3. The molecular weight excluding hydrogens is 442 g/mol. The Balaban J connectivity index is 1.52. The second kappa shape index (κ2) is 9.04. The lowest BCUT2D eigenvalue weighted by Crippen LogP contribution is -2.21. The summed E-state index contributed by atoms with van der Waals surface area (Å²) in [5, 5.41) is 20.2. The number of aryl methyl sites for hydroxylation is 1. The first-order chi connectivity index (χ1) is 15.8. The Morgan fingerprint density at radius 1 is 1.06 bits per heavy atom. The van der Waals surface area contributed by atoms with E-state index in [4.69, 9.17) is 0 Å². The van der Waals surface area contributed by atoms with Crippen molar-refractivity contribution in [3.8, 4) is 11.4 Å². The molecule has 0 atom stereocenters. The van der Waals surface area contributed by atoms with Crippen LogP contribution in [0.2, 0.25) is 0 Å². The van der Waals surface area contributed by atoms with Crippen molar-refractivity contribution < 1.29 is 8.42 Å². The monoisotopic (exact) mass is 463 g/mol. The molecule has 0 amide bonds. The molecule has 2 aromatic carbocycles. The Hall–Kier alpha value is -4.32. The van der Waals surface area contributed by atoms with Crippen LogP contribution >= 0.6 is 0 Å². The van der Waals surface area contributed by atoms with Crippen molar-refractivity contribution in [1.29, 1.82) is 0 Å². The molecule has 2 heterocycles. The molecule has 12 heteroatoms. The standard InChI is InChI=1S/C21H21N9O2S/c1-13(2)28-33(31,32)18-6-4-5-17(11-18)23-19-14(3)12-22-21(25-19)24-16-9-7-15(8-10-16)20-26-29-30-27-20/h4-12,28H,1H2,2-3H3,(H2,22,23,24,25)(H,26,27,29,30). The van der Waals surface area contributed by atoms with E-state index in [2.05, 4.69) is 52.5 Å². The highest BCUT2D eigenvalue weighted by Crippen LogP contribution is 2.24. The summed E-state index contributed by atoms with van der Waals surface area (Å²) in [6, 6.07) is 13.8. The molecule has 4 aromatic rings. The van der Waals surface area contributed by atoms with Crippen LogP contribution < -0.4 is 15.4 Å². The van der Waals surface area contributed by atoms with Gasteiger partial charge in [0.15, 0.2) is 0 Å². The van der Waals surface area contributed by atoms with E-state index in [1.54, 1.807) is 25.3 Å². The fourth-order valence-electron chi connectivity index (χ4n) is 2.91. The minimum Gasteiger partial charge on any atom is -0.340 e. The van der Waals surface area contributed by atoms with E-state index in [1.807, 2.05) is 31.2 Å². The minimum atomic E-state index is -3.70. The van der Waals surface area contributed by atoms with Crippen molar-refractivity contribution >= 4 is 33.2 Å². The van der Waals surface area contributed by atoms with Gasteiger partial charge in [-0.3, -0.25) is 4.72 Å². The normalized spacial score (nSPS) is 11.1. The molecule has 0 radical (unpaired) electrons. The van der Waals surface area contributed by atoms with Crippen molar-refractivity contribution in [3.05, 3.63) is 72.6 Å². The number of benzene rings is 2. The van der Waals surface area contributed by atoms with E-state index in [0.29, 0.717) is 29.0 Å². The zero-order valence-corrected chi connectivity index (χ0v) is 18.7. The number of nitrogens with one attached hydrogen (secondary N) is 4. The number of aromatic amines is 1. The summed E-state index contributed by atoms with van der Waals surface area (Å²) in [4.78, 5) is 8.96. The van der Waals surface area contributed by atoms with E-state index in [0.717, 1.165) is 16.8 Å². The number of allylic oxidation sites excluding steroid dienone is 1. The van der Waals surface area contributed by atoms with Gasteiger partial charge >= 0.3 is 0 Å². The summed E-state index contributed by atoms with van der Waals surface area (Å²) in [7, 11) is -3.70. The fraction of sp³-hybridized carbons (Fsp3) is 0.0952. The van der Waals surface area contributed by atoms with Gasteiger partial charge in [-0.2, -0.15) is 10.2 Å². The highest BCUT2D eigenvalue weighted by molar-refractivity contribution is 7.89. The number of aromatic nitrogens is 6. The van der Waals surface area contributed by atoms with Crippen LogP contribution in [-0.2, 0) is 10.0 Å². The van der Waals surface area contributed by atoms with Gasteiger partial charge in [-0.1, -0.05) is 12.6 Å². The Morgan fingerprint density at radius 3 is 2.55 bits per heavy atom. The average Bonchev–Trinajstić information content (AvgIpc) is 3.31. The van der Waals surface area contributed by atoms with Crippen LogP contribution in [0.25, 0.3) is 11.4 Å². The lowest BCUT2D eigenvalue weighted by molar-refractivity contribution is 0.589. The van der Waals surface area contributed by atoms with Gasteiger partial charge in [0.1, 0.15) is 5.82 Å². The average molecular weight is 464 g/mol. The maximum absolute atomic E-state index is 12.4. The molecule has 0 aliphatic rings. The Morgan fingerprint density at radius 2 is 1.85 bits per heavy atom. The number of rotatable bonds is 8. The van der Waals surface area contributed by atoms with Crippen LogP contribution in [0.15, 0.2) is 71.9 Å².